The predicted octanol–water partition coefficient (Wildman–Crippen LogP) is 1.66. The van der Waals surface area contributed by atoms with E-state index in [4.69, 9.17) is 17.7 Å². The van der Waals surface area contributed by atoms with Gasteiger partial charge < -0.3 is 14.0 Å². The first kappa shape index (κ1) is 12.8. The average Bonchev–Trinajstić information content (AvgIpc) is 2.81. The molecule has 0 saturated carbocycles. The highest BCUT2D eigenvalue weighted by atomic mass is 32.1. The number of nitrogens with zero attached hydrogens (tertiary/aromatic N) is 3. The summed E-state index contributed by atoms with van der Waals surface area (Å²) < 4.78 is 7.03. The zero-order valence-electron chi connectivity index (χ0n) is 11.3. The Morgan fingerprint density at radius 2 is 2.11 bits per heavy atom. The number of hydrogen-bond donors (Lipinski definition) is 0. The van der Waals surface area contributed by atoms with Crippen LogP contribution in [0.1, 0.15) is 0 Å². The Morgan fingerprint density at radius 1 is 1.37 bits per heavy atom. The number of hydrogen-bond acceptors (Lipinski definition) is 4. The largest absolute Gasteiger partial charge is 0.497 e. The summed E-state index contributed by atoms with van der Waals surface area (Å²) in [5, 5.41) is 1.09. The van der Waals surface area contributed by atoms with Crippen molar-refractivity contribution < 1.29 is 9.13 Å². The summed E-state index contributed by atoms with van der Waals surface area (Å²) >= 11 is 1.72. The van der Waals surface area contributed by atoms with Gasteiger partial charge >= 0.3 is 7.98 Å². The Bertz CT molecular complexity index is 589. The van der Waals surface area contributed by atoms with Crippen molar-refractivity contribution in [3.05, 3.63) is 18.2 Å². The van der Waals surface area contributed by atoms with Gasteiger partial charge in [-0.2, -0.15) is 0 Å². The molecule has 2 radical (unpaired) electrons. The molecule has 1 aliphatic rings. The standard InChI is InChI=1S/C13H17BN3OS/c1-17(14)7-5-16(6-8-17)13-15-11-4-3-10(18-2)9-12(11)19-13/h3-4,9H,5-8H2,1-2H3/q+1. The van der Waals surface area contributed by atoms with Gasteiger partial charge in [-0.05, 0) is 18.2 Å². The number of piperazine rings is 1. The van der Waals surface area contributed by atoms with Gasteiger partial charge in [0.15, 0.2) is 5.13 Å². The first-order valence-electron chi connectivity index (χ1n) is 6.40. The van der Waals surface area contributed by atoms with E-state index in [0.717, 1.165) is 42.6 Å². The van der Waals surface area contributed by atoms with Crippen molar-refractivity contribution in [2.75, 3.05) is 45.2 Å². The molecule has 0 bridgehead atoms. The molecule has 0 atom stereocenters. The minimum Gasteiger partial charge on any atom is -0.497 e. The highest BCUT2D eigenvalue weighted by Gasteiger charge is 2.26. The molecule has 0 N–H and O–H groups in total. The number of fused-ring (bicyclic) bond motifs is 1. The van der Waals surface area contributed by atoms with Crippen LogP contribution in [-0.2, 0) is 0 Å². The topological polar surface area (TPSA) is 25.4 Å². The van der Waals surface area contributed by atoms with Crippen molar-refractivity contribution in [1.82, 2.24) is 4.98 Å². The van der Waals surface area contributed by atoms with Crippen molar-refractivity contribution in [2.45, 2.75) is 0 Å². The van der Waals surface area contributed by atoms with E-state index in [2.05, 4.69) is 11.9 Å². The third-order valence-corrected chi connectivity index (χ3v) is 4.70. The molecular weight excluding hydrogens is 257 g/mol. The minimum atomic E-state index is 0.606. The van der Waals surface area contributed by atoms with Crippen LogP contribution < -0.4 is 9.64 Å². The summed E-state index contributed by atoms with van der Waals surface area (Å²) in [4.78, 5) is 7.02. The van der Waals surface area contributed by atoms with E-state index < -0.39 is 0 Å². The zero-order valence-corrected chi connectivity index (χ0v) is 12.1. The molecule has 1 aromatic carbocycles. The Kier molecular flexibility index (Phi) is 3.15. The number of likely N-dealkylation sites (N-methyl/N-ethyl adjacent to an activating group) is 1. The fourth-order valence-corrected chi connectivity index (χ4v) is 3.31. The van der Waals surface area contributed by atoms with E-state index in [0.29, 0.717) is 4.39 Å². The summed E-state index contributed by atoms with van der Waals surface area (Å²) in [7, 11) is 9.87. The average molecular weight is 274 g/mol. The number of quaternary nitrogens is 1. The smallest absolute Gasteiger partial charge is 0.481 e. The van der Waals surface area contributed by atoms with Gasteiger partial charge in [0.2, 0.25) is 0 Å². The number of thiazole rings is 1. The van der Waals surface area contributed by atoms with Crippen molar-refractivity contribution in [3.63, 3.8) is 0 Å². The Balaban J connectivity index is 1.85. The van der Waals surface area contributed by atoms with Crippen LogP contribution in [0.2, 0.25) is 0 Å². The zero-order chi connectivity index (χ0) is 13.5. The maximum atomic E-state index is 6.11. The molecule has 98 valence electrons. The highest BCUT2D eigenvalue weighted by molar-refractivity contribution is 7.22. The molecule has 6 heteroatoms. The van der Waals surface area contributed by atoms with Gasteiger partial charge in [-0.15, -0.1) is 0 Å². The maximum absolute atomic E-state index is 6.11. The van der Waals surface area contributed by atoms with Crippen LogP contribution in [0.25, 0.3) is 10.2 Å². The van der Waals surface area contributed by atoms with Crippen molar-refractivity contribution in [3.8, 4) is 5.75 Å². The molecule has 0 aliphatic carbocycles. The van der Waals surface area contributed by atoms with Crippen LogP contribution in [0.5, 0.6) is 5.75 Å². The molecule has 19 heavy (non-hydrogen) atoms. The molecular formula is C13H17BN3OS+. The number of rotatable bonds is 2. The second kappa shape index (κ2) is 4.69. The van der Waals surface area contributed by atoms with Crippen LogP contribution in [-0.4, -0.2) is 57.7 Å². The number of benzene rings is 1. The van der Waals surface area contributed by atoms with Crippen LogP contribution >= 0.6 is 11.3 Å². The molecule has 1 fully saturated rings. The number of ether oxygens (including phenoxy) is 1. The van der Waals surface area contributed by atoms with E-state index in [-0.39, 0.29) is 0 Å². The van der Waals surface area contributed by atoms with Gasteiger partial charge in [0.25, 0.3) is 0 Å². The fourth-order valence-electron chi connectivity index (χ4n) is 2.27. The molecule has 4 nitrogen and oxygen atoms in total. The van der Waals surface area contributed by atoms with Crippen molar-refractivity contribution in [2.24, 2.45) is 0 Å². The number of aromatic nitrogens is 1. The molecule has 2 heterocycles. The van der Waals surface area contributed by atoms with E-state index in [1.165, 1.54) is 4.70 Å². The lowest BCUT2D eigenvalue weighted by Gasteiger charge is -2.39. The van der Waals surface area contributed by atoms with Gasteiger partial charge in [0.1, 0.15) is 5.75 Å². The monoisotopic (exact) mass is 274 g/mol. The van der Waals surface area contributed by atoms with Crippen LogP contribution in [0.4, 0.5) is 5.13 Å². The van der Waals surface area contributed by atoms with E-state index in [9.17, 15) is 0 Å². The molecule has 1 aromatic heterocycles. The molecule has 0 spiro atoms. The van der Waals surface area contributed by atoms with Gasteiger partial charge in [-0.1, -0.05) is 11.3 Å². The SMILES string of the molecule is [B][N+]1(C)CCN(c2nc3ccc(OC)cc3s2)CC1. The lowest BCUT2D eigenvalue weighted by molar-refractivity contribution is -0.796. The van der Waals surface area contributed by atoms with Crippen LogP contribution in [0, 0.1) is 0 Å². The summed E-state index contributed by atoms with van der Waals surface area (Å²) in [6, 6.07) is 6.01. The van der Waals surface area contributed by atoms with Gasteiger partial charge in [-0.25, -0.2) is 4.98 Å². The molecule has 3 rings (SSSR count). The molecule has 2 aromatic rings. The molecule has 0 amide bonds. The third kappa shape index (κ3) is 2.55. The van der Waals surface area contributed by atoms with Crippen LogP contribution in [0.3, 0.4) is 0 Å². The highest BCUT2D eigenvalue weighted by Crippen LogP contribution is 2.31. The van der Waals surface area contributed by atoms with E-state index >= 15 is 0 Å². The first-order chi connectivity index (χ1) is 9.07. The third-order valence-electron chi connectivity index (χ3n) is 3.62. The second-order valence-electron chi connectivity index (χ2n) is 5.24. The normalized spacial score (nSPS) is 18.7. The van der Waals surface area contributed by atoms with Crippen molar-refractivity contribution in [1.29, 1.82) is 0 Å². The quantitative estimate of drug-likeness (QED) is 0.779. The van der Waals surface area contributed by atoms with E-state index in [1.54, 1.807) is 18.4 Å². The van der Waals surface area contributed by atoms with Crippen LogP contribution in [0.15, 0.2) is 18.2 Å². The fraction of sp³-hybridized carbons (Fsp3) is 0.462. The summed E-state index contributed by atoms with van der Waals surface area (Å²) in [5.74, 6) is 0.882. The lowest BCUT2D eigenvalue weighted by Crippen LogP contribution is -2.55. The predicted molar refractivity (Wildman–Crippen MR) is 80.1 cm³/mol. The lowest BCUT2D eigenvalue weighted by atomic mass is 10.1. The summed E-state index contributed by atoms with van der Waals surface area (Å²) in [5.41, 5.74) is 1.04. The molecule has 1 aliphatic heterocycles. The summed E-state index contributed by atoms with van der Waals surface area (Å²) in [6.45, 7) is 3.84. The second-order valence-corrected chi connectivity index (χ2v) is 6.25. The number of anilines is 1. The Morgan fingerprint density at radius 3 is 2.79 bits per heavy atom. The van der Waals surface area contributed by atoms with E-state index in [1.807, 2.05) is 18.2 Å². The first-order valence-corrected chi connectivity index (χ1v) is 7.22. The Hall–Kier alpha value is -1.27. The van der Waals surface area contributed by atoms with Gasteiger partial charge in [-0.3, -0.25) is 0 Å². The van der Waals surface area contributed by atoms with Gasteiger partial charge in [0.05, 0.1) is 43.5 Å². The Labute approximate surface area is 118 Å². The molecule has 1 saturated heterocycles. The maximum Gasteiger partial charge on any atom is 0.481 e. The molecule has 0 unspecified atom stereocenters. The van der Waals surface area contributed by atoms with Crippen molar-refractivity contribution >= 4 is 34.7 Å². The van der Waals surface area contributed by atoms with Gasteiger partial charge in [0, 0.05) is 7.05 Å². The number of methoxy groups -OCH3 is 1. The minimum absolute atomic E-state index is 0.606. The summed E-state index contributed by atoms with van der Waals surface area (Å²) in [6.07, 6.45) is 0.